The number of H-pyrrole nitrogens is 1. The second-order valence-electron chi connectivity index (χ2n) is 4.29. The van der Waals surface area contributed by atoms with E-state index in [0.717, 1.165) is 28.3 Å². The fourth-order valence-electron chi connectivity index (χ4n) is 1.91. The minimum atomic E-state index is 0.548. The number of nitrogens with zero attached hydrogens (tertiary/aromatic N) is 4. The lowest BCUT2D eigenvalue weighted by Gasteiger charge is -2.00. The molecule has 3 aromatic rings. The molecule has 0 aromatic carbocycles. The van der Waals surface area contributed by atoms with Gasteiger partial charge in [-0.2, -0.15) is 15.2 Å². The van der Waals surface area contributed by atoms with Crippen molar-refractivity contribution in [1.29, 1.82) is 0 Å². The van der Waals surface area contributed by atoms with Gasteiger partial charge in [0.25, 0.3) is 0 Å². The van der Waals surface area contributed by atoms with Crippen molar-refractivity contribution in [3.63, 3.8) is 0 Å². The maximum Gasteiger partial charge on any atom is 0.215 e. The molecule has 3 heterocycles. The largest absolute Gasteiger partial charge is 0.481 e. The summed E-state index contributed by atoms with van der Waals surface area (Å²) in [6, 6.07) is 5.65. The number of hydrogen-bond donors (Lipinski definition) is 1. The molecule has 0 aliphatic carbocycles. The van der Waals surface area contributed by atoms with E-state index in [4.69, 9.17) is 4.74 Å². The molecule has 0 bridgehead atoms. The number of ether oxygens (including phenoxy) is 1. The highest BCUT2D eigenvalue weighted by Crippen LogP contribution is 2.23. The number of methoxy groups -OCH3 is 1. The predicted molar refractivity (Wildman–Crippen MR) is 70.9 cm³/mol. The summed E-state index contributed by atoms with van der Waals surface area (Å²) < 4.78 is 5.09. The average molecular weight is 255 g/mol. The number of aromatic nitrogens is 5. The Morgan fingerprint density at radius 2 is 1.95 bits per heavy atom. The molecule has 96 valence electrons. The zero-order valence-electron chi connectivity index (χ0n) is 10.9. The number of imidazole rings is 1. The number of fused-ring (bicyclic) bond motifs is 1. The third kappa shape index (κ3) is 2.01. The van der Waals surface area contributed by atoms with E-state index in [2.05, 4.69) is 25.1 Å². The van der Waals surface area contributed by atoms with Crippen LogP contribution in [0.25, 0.3) is 22.6 Å². The van der Waals surface area contributed by atoms with Crippen LogP contribution in [0.3, 0.4) is 0 Å². The van der Waals surface area contributed by atoms with E-state index in [-0.39, 0.29) is 0 Å². The Morgan fingerprint density at radius 1 is 1.11 bits per heavy atom. The smallest absolute Gasteiger partial charge is 0.215 e. The summed E-state index contributed by atoms with van der Waals surface area (Å²) in [4.78, 5) is 12.0. The van der Waals surface area contributed by atoms with E-state index in [1.807, 2.05) is 26.0 Å². The molecule has 0 aliphatic rings. The molecule has 0 saturated heterocycles. The molecule has 0 saturated carbocycles. The predicted octanol–water partition coefficient (Wildman–Crippen LogP) is 2.04. The highest BCUT2D eigenvalue weighted by Gasteiger charge is 2.11. The summed E-state index contributed by atoms with van der Waals surface area (Å²) >= 11 is 0. The molecule has 0 radical (unpaired) electrons. The standard InChI is InChI=1S/C13H13N5O/c1-7-6-9(8(2)18-17-7)12-14-10-4-5-11(19-3)15-13(10)16-12/h4-6H,1-3H3,(H,14,15,16). The van der Waals surface area contributed by atoms with Crippen molar-refractivity contribution in [2.24, 2.45) is 0 Å². The topological polar surface area (TPSA) is 76.6 Å². The molecule has 19 heavy (non-hydrogen) atoms. The Kier molecular flexibility index (Phi) is 2.63. The summed E-state index contributed by atoms with van der Waals surface area (Å²) in [6.45, 7) is 3.81. The lowest BCUT2D eigenvalue weighted by molar-refractivity contribution is 0.399. The molecule has 0 unspecified atom stereocenters. The van der Waals surface area contributed by atoms with Gasteiger partial charge in [0.05, 0.1) is 24.0 Å². The molecule has 0 fully saturated rings. The minimum Gasteiger partial charge on any atom is -0.481 e. The summed E-state index contributed by atoms with van der Waals surface area (Å²) in [5.74, 6) is 1.29. The van der Waals surface area contributed by atoms with Crippen LogP contribution in [0.4, 0.5) is 0 Å². The van der Waals surface area contributed by atoms with Crippen molar-refractivity contribution in [2.45, 2.75) is 13.8 Å². The normalized spacial score (nSPS) is 10.9. The van der Waals surface area contributed by atoms with Gasteiger partial charge >= 0.3 is 0 Å². The van der Waals surface area contributed by atoms with Crippen LogP contribution in [0.15, 0.2) is 18.2 Å². The van der Waals surface area contributed by atoms with Gasteiger partial charge in [0.1, 0.15) is 5.82 Å². The van der Waals surface area contributed by atoms with Crippen LogP contribution in [0, 0.1) is 13.8 Å². The first-order chi connectivity index (χ1) is 9.17. The molecule has 1 N–H and O–H groups in total. The fourth-order valence-corrected chi connectivity index (χ4v) is 1.91. The summed E-state index contributed by atoms with van der Waals surface area (Å²) in [5, 5.41) is 8.12. The maximum atomic E-state index is 5.09. The van der Waals surface area contributed by atoms with Crippen LogP contribution in [0.5, 0.6) is 5.88 Å². The molecule has 6 nitrogen and oxygen atoms in total. The lowest BCUT2D eigenvalue weighted by atomic mass is 10.2. The van der Waals surface area contributed by atoms with Crippen LogP contribution in [-0.2, 0) is 0 Å². The Hall–Kier alpha value is -2.50. The number of hydrogen-bond acceptors (Lipinski definition) is 5. The van der Waals surface area contributed by atoms with Gasteiger partial charge in [-0.15, -0.1) is 0 Å². The van der Waals surface area contributed by atoms with Crippen molar-refractivity contribution in [3.8, 4) is 17.3 Å². The van der Waals surface area contributed by atoms with Crippen molar-refractivity contribution in [2.75, 3.05) is 7.11 Å². The zero-order chi connectivity index (χ0) is 13.4. The van der Waals surface area contributed by atoms with Gasteiger partial charge in [0.2, 0.25) is 5.88 Å². The van der Waals surface area contributed by atoms with Crippen LogP contribution in [0.1, 0.15) is 11.4 Å². The van der Waals surface area contributed by atoms with Gasteiger partial charge in [-0.25, -0.2) is 4.98 Å². The monoisotopic (exact) mass is 255 g/mol. The molecule has 0 atom stereocenters. The van der Waals surface area contributed by atoms with Crippen molar-refractivity contribution < 1.29 is 4.74 Å². The second-order valence-corrected chi connectivity index (χ2v) is 4.29. The highest BCUT2D eigenvalue weighted by atomic mass is 16.5. The second kappa shape index (κ2) is 4.31. The van der Waals surface area contributed by atoms with E-state index < -0.39 is 0 Å². The van der Waals surface area contributed by atoms with E-state index in [0.29, 0.717) is 11.5 Å². The first-order valence-electron chi connectivity index (χ1n) is 5.89. The Bertz CT molecular complexity index is 750. The Labute approximate surface area is 109 Å². The molecule has 6 heteroatoms. The molecule has 3 aromatic heterocycles. The number of aromatic amines is 1. The van der Waals surface area contributed by atoms with Crippen molar-refractivity contribution >= 4 is 11.2 Å². The lowest BCUT2D eigenvalue weighted by Crippen LogP contribution is -1.94. The molecular formula is C13H13N5O. The maximum absolute atomic E-state index is 5.09. The molecular weight excluding hydrogens is 242 g/mol. The van der Waals surface area contributed by atoms with Gasteiger partial charge in [-0.1, -0.05) is 0 Å². The molecule has 3 rings (SSSR count). The summed E-state index contributed by atoms with van der Waals surface area (Å²) in [6.07, 6.45) is 0. The molecule has 0 amide bonds. The number of rotatable bonds is 2. The van der Waals surface area contributed by atoms with Gasteiger partial charge < -0.3 is 9.72 Å². The van der Waals surface area contributed by atoms with Crippen LogP contribution in [-0.4, -0.2) is 32.3 Å². The van der Waals surface area contributed by atoms with Crippen LogP contribution < -0.4 is 4.74 Å². The van der Waals surface area contributed by atoms with E-state index in [1.54, 1.807) is 13.2 Å². The Morgan fingerprint density at radius 3 is 2.74 bits per heavy atom. The fraction of sp³-hybridized carbons (Fsp3) is 0.231. The quantitative estimate of drug-likeness (QED) is 0.758. The van der Waals surface area contributed by atoms with Gasteiger partial charge in [0, 0.05) is 11.6 Å². The van der Waals surface area contributed by atoms with Crippen molar-refractivity contribution in [3.05, 3.63) is 29.6 Å². The van der Waals surface area contributed by atoms with E-state index >= 15 is 0 Å². The minimum absolute atomic E-state index is 0.548. The van der Waals surface area contributed by atoms with Gasteiger partial charge in [-0.3, -0.25) is 0 Å². The zero-order valence-corrected chi connectivity index (χ0v) is 10.9. The third-order valence-corrected chi connectivity index (χ3v) is 2.89. The van der Waals surface area contributed by atoms with E-state index in [9.17, 15) is 0 Å². The number of aryl methyl sites for hydroxylation is 2. The SMILES string of the molecule is COc1ccc2[nH]c(-c3cc(C)nnc3C)nc2n1. The average Bonchev–Trinajstić information content (AvgIpc) is 2.83. The van der Waals surface area contributed by atoms with Gasteiger partial charge in [0.15, 0.2) is 5.65 Å². The Balaban J connectivity index is 2.17. The van der Waals surface area contributed by atoms with Gasteiger partial charge in [-0.05, 0) is 26.0 Å². The van der Waals surface area contributed by atoms with Crippen LogP contribution >= 0.6 is 0 Å². The highest BCUT2D eigenvalue weighted by molar-refractivity contribution is 5.76. The number of pyridine rings is 1. The summed E-state index contributed by atoms with van der Waals surface area (Å²) in [5.41, 5.74) is 4.11. The first-order valence-corrected chi connectivity index (χ1v) is 5.89. The van der Waals surface area contributed by atoms with E-state index in [1.165, 1.54) is 0 Å². The summed E-state index contributed by atoms with van der Waals surface area (Å²) in [7, 11) is 1.59. The first kappa shape index (κ1) is 11.6. The molecule has 0 spiro atoms. The third-order valence-electron chi connectivity index (χ3n) is 2.89. The molecule has 0 aliphatic heterocycles. The number of nitrogens with one attached hydrogen (secondary N) is 1. The van der Waals surface area contributed by atoms with Crippen molar-refractivity contribution in [1.82, 2.24) is 25.1 Å². The van der Waals surface area contributed by atoms with Crippen LogP contribution in [0.2, 0.25) is 0 Å².